The molecule has 2 rings (SSSR count). The van der Waals surface area contributed by atoms with Crippen LogP contribution in [0.2, 0.25) is 0 Å². The fraction of sp³-hybridized carbons (Fsp3) is 0. The van der Waals surface area contributed by atoms with Crippen molar-refractivity contribution in [1.82, 2.24) is 4.98 Å². The first kappa shape index (κ1) is 11.9. The zero-order valence-electron chi connectivity index (χ0n) is 8.92. The number of halogens is 3. The van der Waals surface area contributed by atoms with E-state index in [9.17, 15) is 13.2 Å². The molecule has 0 spiro atoms. The predicted octanol–water partition coefficient (Wildman–Crippen LogP) is 3.11. The van der Waals surface area contributed by atoms with Crippen LogP contribution in [0, 0.1) is 28.8 Å². The van der Waals surface area contributed by atoms with E-state index < -0.39 is 23.1 Å². The van der Waals surface area contributed by atoms with Crippen molar-refractivity contribution in [3.05, 3.63) is 53.6 Å². The molecular formula is C12H6F3N3. The lowest BCUT2D eigenvalue weighted by Crippen LogP contribution is -2.00. The average molecular weight is 249 g/mol. The quantitative estimate of drug-likeness (QED) is 0.889. The topological polar surface area (TPSA) is 48.7 Å². The van der Waals surface area contributed by atoms with Crippen LogP contribution in [-0.2, 0) is 0 Å². The van der Waals surface area contributed by atoms with Crippen LogP contribution in [0.5, 0.6) is 0 Å². The highest BCUT2D eigenvalue weighted by molar-refractivity contribution is 5.66. The molecule has 1 heterocycles. The van der Waals surface area contributed by atoms with Crippen LogP contribution in [-0.4, -0.2) is 4.98 Å². The molecule has 0 aliphatic carbocycles. The highest BCUT2D eigenvalue weighted by atomic mass is 19.1. The Morgan fingerprint density at radius 1 is 1.17 bits per heavy atom. The molecule has 0 atom stereocenters. The van der Waals surface area contributed by atoms with Gasteiger partial charge in [-0.2, -0.15) is 5.26 Å². The fourth-order valence-corrected chi connectivity index (χ4v) is 1.39. The Morgan fingerprint density at radius 2 is 1.83 bits per heavy atom. The third-order valence-corrected chi connectivity index (χ3v) is 2.21. The van der Waals surface area contributed by atoms with E-state index in [1.54, 1.807) is 0 Å². The molecule has 6 heteroatoms. The molecular weight excluding hydrogens is 243 g/mol. The molecule has 1 N–H and O–H groups in total. The van der Waals surface area contributed by atoms with E-state index >= 15 is 0 Å². The first-order chi connectivity index (χ1) is 8.61. The largest absolute Gasteiger partial charge is 0.348 e. The van der Waals surface area contributed by atoms with Crippen LogP contribution in [0.3, 0.4) is 0 Å². The number of pyridine rings is 1. The summed E-state index contributed by atoms with van der Waals surface area (Å²) in [6, 6.07) is 4.33. The summed E-state index contributed by atoms with van der Waals surface area (Å²) in [5, 5.41) is 11.2. The van der Waals surface area contributed by atoms with Gasteiger partial charge in [-0.25, -0.2) is 13.2 Å². The Morgan fingerprint density at radius 3 is 2.44 bits per heavy atom. The molecule has 0 aliphatic heterocycles. The average Bonchev–Trinajstić information content (AvgIpc) is 2.34. The predicted molar refractivity (Wildman–Crippen MR) is 58.6 cm³/mol. The van der Waals surface area contributed by atoms with Gasteiger partial charge in [0, 0.05) is 18.3 Å². The standard InChI is InChI=1S/C12H6F3N3/c13-8-3-9(14)12(10(15)4-8)18-11-6-17-2-1-7(11)5-16/h1-4,6,18H. The number of benzene rings is 1. The summed E-state index contributed by atoms with van der Waals surface area (Å²) >= 11 is 0. The zero-order valence-corrected chi connectivity index (χ0v) is 8.92. The van der Waals surface area contributed by atoms with Gasteiger partial charge in [0.25, 0.3) is 0 Å². The van der Waals surface area contributed by atoms with E-state index in [0.717, 1.165) is 0 Å². The third-order valence-electron chi connectivity index (χ3n) is 2.21. The van der Waals surface area contributed by atoms with Crippen LogP contribution >= 0.6 is 0 Å². The maximum Gasteiger partial charge on any atom is 0.152 e. The Kier molecular flexibility index (Phi) is 3.15. The summed E-state index contributed by atoms with van der Waals surface area (Å²) in [4.78, 5) is 3.73. The summed E-state index contributed by atoms with van der Waals surface area (Å²) < 4.78 is 39.5. The van der Waals surface area contributed by atoms with Gasteiger partial charge in [-0.1, -0.05) is 0 Å². The Labute approximate surface area is 101 Å². The number of nitrogens with one attached hydrogen (secondary N) is 1. The van der Waals surface area contributed by atoms with Crippen LogP contribution in [0.4, 0.5) is 24.5 Å². The first-order valence-corrected chi connectivity index (χ1v) is 4.87. The van der Waals surface area contributed by atoms with Crippen molar-refractivity contribution in [2.45, 2.75) is 0 Å². The summed E-state index contributed by atoms with van der Waals surface area (Å²) in [6.07, 6.45) is 2.63. The fourth-order valence-electron chi connectivity index (χ4n) is 1.39. The van der Waals surface area contributed by atoms with Crippen molar-refractivity contribution < 1.29 is 13.2 Å². The highest BCUT2D eigenvalue weighted by Gasteiger charge is 2.13. The summed E-state index contributed by atoms with van der Waals surface area (Å²) in [5.74, 6) is -3.18. The van der Waals surface area contributed by atoms with Crippen LogP contribution in [0.15, 0.2) is 30.6 Å². The third kappa shape index (κ3) is 2.25. The van der Waals surface area contributed by atoms with Gasteiger partial charge in [0.15, 0.2) is 11.6 Å². The molecule has 1 aromatic heterocycles. The van der Waals surface area contributed by atoms with Gasteiger partial charge in [0.2, 0.25) is 0 Å². The number of rotatable bonds is 2. The lowest BCUT2D eigenvalue weighted by Gasteiger charge is -2.09. The van der Waals surface area contributed by atoms with Gasteiger partial charge < -0.3 is 5.32 Å². The normalized spacial score (nSPS) is 9.89. The molecule has 90 valence electrons. The summed E-state index contributed by atoms with van der Waals surface area (Å²) in [5.41, 5.74) is -0.210. The van der Waals surface area contributed by atoms with Crippen LogP contribution in [0.25, 0.3) is 0 Å². The molecule has 0 amide bonds. The number of hydrogen-bond acceptors (Lipinski definition) is 3. The second-order valence-corrected chi connectivity index (χ2v) is 3.40. The molecule has 0 aliphatic rings. The molecule has 0 fully saturated rings. The van der Waals surface area contributed by atoms with Gasteiger partial charge in [-0.05, 0) is 6.07 Å². The van der Waals surface area contributed by atoms with Crippen molar-refractivity contribution in [3.63, 3.8) is 0 Å². The Hall–Kier alpha value is -2.55. The number of aromatic nitrogens is 1. The summed E-state index contributed by atoms with van der Waals surface area (Å²) in [7, 11) is 0. The van der Waals surface area contributed by atoms with Crippen molar-refractivity contribution in [1.29, 1.82) is 5.26 Å². The molecule has 0 radical (unpaired) electrons. The van der Waals surface area contributed by atoms with E-state index in [2.05, 4.69) is 10.3 Å². The lowest BCUT2D eigenvalue weighted by molar-refractivity contribution is 0.549. The zero-order chi connectivity index (χ0) is 13.1. The van der Waals surface area contributed by atoms with Crippen LogP contribution in [0.1, 0.15) is 5.56 Å². The lowest BCUT2D eigenvalue weighted by atomic mass is 10.2. The second kappa shape index (κ2) is 4.75. The minimum absolute atomic E-state index is 0.143. The van der Waals surface area contributed by atoms with Gasteiger partial charge in [-0.3, -0.25) is 4.98 Å². The van der Waals surface area contributed by atoms with Crippen molar-refractivity contribution in [2.75, 3.05) is 5.32 Å². The van der Waals surface area contributed by atoms with Gasteiger partial charge in [-0.15, -0.1) is 0 Å². The molecule has 0 bridgehead atoms. The number of anilines is 2. The van der Waals surface area contributed by atoms with Crippen molar-refractivity contribution in [3.8, 4) is 6.07 Å². The monoisotopic (exact) mass is 249 g/mol. The summed E-state index contributed by atoms with van der Waals surface area (Å²) in [6.45, 7) is 0. The maximum absolute atomic E-state index is 13.4. The second-order valence-electron chi connectivity index (χ2n) is 3.40. The van der Waals surface area contributed by atoms with Gasteiger partial charge in [0.05, 0.1) is 17.4 Å². The van der Waals surface area contributed by atoms with E-state index in [1.165, 1.54) is 18.5 Å². The minimum Gasteiger partial charge on any atom is -0.348 e. The number of hydrogen-bond donors (Lipinski definition) is 1. The van der Waals surface area contributed by atoms with Gasteiger partial charge in [0.1, 0.15) is 17.6 Å². The van der Waals surface area contributed by atoms with E-state index in [4.69, 9.17) is 5.26 Å². The molecule has 0 saturated carbocycles. The van der Waals surface area contributed by atoms with Gasteiger partial charge >= 0.3 is 0 Å². The Balaban J connectivity index is 2.44. The van der Waals surface area contributed by atoms with E-state index in [-0.39, 0.29) is 11.3 Å². The molecule has 3 nitrogen and oxygen atoms in total. The molecule has 2 aromatic rings. The molecule has 0 unspecified atom stereocenters. The first-order valence-electron chi connectivity index (χ1n) is 4.87. The van der Waals surface area contributed by atoms with E-state index in [0.29, 0.717) is 12.1 Å². The maximum atomic E-state index is 13.4. The minimum atomic E-state index is -1.08. The molecule has 0 saturated heterocycles. The van der Waals surface area contributed by atoms with Crippen molar-refractivity contribution >= 4 is 11.4 Å². The molecule has 18 heavy (non-hydrogen) atoms. The smallest absolute Gasteiger partial charge is 0.152 e. The molecule has 1 aromatic carbocycles. The SMILES string of the molecule is N#Cc1ccncc1Nc1c(F)cc(F)cc1F. The number of nitriles is 1. The van der Waals surface area contributed by atoms with Crippen LogP contribution < -0.4 is 5.32 Å². The highest BCUT2D eigenvalue weighted by Crippen LogP contribution is 2.25. The van der Waals surface area contributed by atoms with E-state index in [1.807, 2.05) is 6.07 Å². The Bertz CT molecular complexity index is 612. The van der Waals surface area contributed by atoms with Crippen molar-refractivity contribution in [2.24, 2.45) is 0 Å². The number of nitrogens with zero attached hydrogens (tertiary/aromatic N) is 2.